The highest BCUT2D eigenvalue weighted by molar-refractivity contribution is 5.58. The van der Waals surface area contributed by atoms with Gasteiger partial charge in [-0.3, -0.25) is 0 Å². The highest BCUT2D eigenvalue weighted by Gasteiger charge is 1.98. The third-order valence-electron chi connectivity index (χ3n) is 2.48. The van der Waals surface area contributed by atoms with Gasteiger partial charge in [-0.2, -0.15) is 0 Å². The molecule has 0 atom stereocenters. The van der Waals surface area contributed by atoms with Gasteiger partial charge in [-0.15, -0.1) is 0 Å². The zero-order valence-corrected chi connectivity index (χ0v) is 16.4. The zero-order chi connectivity index (χ0) is 17.8. The van der Waals surface area contributed by atoms with Crippen molar-refractivity contribution in [2.24, 2.45) is 0 Å². The molecule has 0 aliphatic heterocycles. The minimum Gasteiger partial charge on any atom is -0.496 e. The van der Waals surface area contributed by atoms with Crippen molar-refractivity contribution in [1.29, 1.82) is 0 Å². The topological polar surface area (TPSA) is 21.3 Å². The molecule has 1 N–H and O–H groups in total. The van der Waals surface area contributed by atoms with E-state index in [1.807, 2.05) is 54.7 Å². The van der Waals surface area contributed by atoms with E-state index in [0.717, 1.165) is 24.3 Å². The number of allylic oxidation sites excluding steroid dienone is 1. The first-order chi connectivity index (χ1) is 10.8. The number of rotatable bonds is 6. The molecule has 0 saturated carbocycles. The molecule has 2 heteroatoms. The fraction of sp³-hybridized carbons (Fsp3) is 0.600. The van der Waals surface area contributed by atoms with E-state index in [-0.39, 0.29) is 0 Å². The van der Waals surface area contributed by atoms with Crippen LogP contribution in [0.15, 0.2) is 24.3 Å². The summed E-state index contributed by atoms with van der Waals surface area (Å²) >= 11 is 0. The minimum atomic E-state index is 0.940. The Kier molecular flexibility index (Phi) is 25.7. The van der Waals surface area contributed by atoms with Crippen molar-refractivity contribution in [2.45, 2.75) is 61.3 Å². The van der Waals surface area contributed by atoms with Crippen LogP contribution in [0.1, 0.15) is 65.5 Å². The van der Waals surface area contributed by atoms with Crippen LogP contribution in [0, 0.1) is 6.92 Å². The molecule has 0 aliphatic carbocycles. The third kappa shape index (κ3) is 13.7. The summed E-state index contributed by atoms with van der Waals surface area (Å²) in [4.78, 5) is 0. The first-order valence-corrected chi connectivity index (χ1v) is 8.73. The van der Waals surface area contributed by atoms with Crippen LogP contribution in [0.3, 0.4) is 0 Å². The normalized spacial score (nSPS) is 8.77. The van der Waals surface area contributed by atoms with Crippen molar-refractivity contribution in [2.75, 3.05) is 20.7 Å². The quantitative estimate of drug-likeness (QED) is 0.641. The number of aryl methyl sites for hydroxylation is 1. The summed E-state index contributed by atoms with van der Waals surface area (Å²) in [6.07, 6.45) is 6.61. The van der Waals surface area contributed by atoms with Crippen LogP contribution >= 0.6 is 0 Å². The molecule has 0 bridgehead atoms. The lowest BCUT2D eigenvalue weighted by Crippen LogP contribution is -2.06. The Bertz CT molecular complexity index is 346. The first kappa shape index (κ1) is 25.7. The second kappa shape index (κ2) is 22.0. The molecular weight excluding hydrogens is 270 g/mol. The molecule has 1 aromatic rings. The lowest BCUT2D eigenvalue weighted by molar-refractivity contribution is 0.413. The molecule has 0 unspecified atom stereocenters. The molecule has 2 nitrogen and oxygen atoms in total. The SMILES string of the molecule is CC.CC.CC.CNCCC/C=C/c1cc(C)ccc1OC. The number of hydrogen-bond donors (Lipinski definition) is 1. The van der Waals surface area contributed by atoms with Gasteiger partial charge in [-0.05, 0) is 45.5 Å². The number of unbranched alkanes of at least 4 members (excludes halogenated alkanes) is 1. The molecule has 0 radical (unpaired) electrons. The number of benzene rings is 1. The van der Waals surface area contributed by atoms with Crippen molar-refractivity contribution in [1.82, 2.24) is 5.32 Å². The average molecular weight is 310 g/mol. The second-order valence-corrected chi connectivity index (χ2v) is 3.89. The van der Waals surface area contributed by atoms with Crippen LogP contribution in [0.25, 0.3) is 6.08 Å². The highest BCUT2D eigenvalue weighted by Crippen LogP contribution is 2.21. The Labute approximate surface area is 140 Å². The van der Waals surface area contributed by atoms with Gasteiger partial charge in [-0.1, -0.05) is 65.3 Å². The summed E-state index contributed by atoms with van der Waals surface area (Å²) in [7, 11) is 3.69. The van der Waals surface area contributed by atoms with E-state index in [4.69, 9.17) is 4.74 Å². The zero-order valence-electron chi connectivity index (χ0n) is 16.4. The van der Waals surface area contributed by atoms with E-state index < -0.39 is 0 Å². The van der Waals surface area contributed by atoms with E-state index >= 15 is 0 Å². The number of hydrogen-bond acceptors (Lipinski definition) is 2. The van der Waals surface area contributed by atoms with Gasteiger partial charge in [0.1, 0.15) is 5.75 Å². The van der Waals surface area contributed by atoms with Gasteiger partial charge in [0.15, 0.2) is 0 Å². The van der Waals surface area contributed by atoms with Crippen LogP contribution < -0.4 is 10.1 Å². The van der Waals surface area contributed by atoms with Gasteiger partial charge in [0.05, 0.1) is 7.11 Å². The van der Waals surface area contributed by atoms with Crippen LogP contribution in [0.4, 0.5) is 0 Å². The molecule has 0 aliphatic rings. The molecule has 1 rings (SSSR count). The lowest BCUT2D eigenvalue weighted by Gasteiger charge is -2.05. The van der Waals surface area contributed by atoms with Crippen LogP contribution in [0.5, 0.6) is 5.75 Å². The molecule has 0 heterocycles. The van der Waals surface area contributed by atoms with Crippen LogP contribution in [-0.2, 0) is 0 Å². The number of methoxy groups -OCH3 is 1. The van der Waals surface area contributed by atoms with E-state index in [2.05, 4.69) is 36.5 Å². The molecule has 0 saturated heterocycles. The minimum absolute atomic E-state index is 0.940. The Morgan fingerprint density at radius 2 is 1.64 bits per heavy atom. The molecule has 130 valence electrons. The Balaban J connectivity index is -0.000000535. The van der Waals surface area contributed by atoms with E-state index in [1.54, 1.807) is 7.11 Å². The molecule has 0 fully saturated rings. The first-order valence-electron chi connectivity index (χ1n) is 8.73. The van der Waals surface area contributed by atoms with Gasteiger partial charge in [0.2, 0.25) is 0 Å². The van der Waals surface area contributed by atoms with Crippen molar-refractivity contribution < 1.29 is 4.74 Å². The largest absolute Gasteiger partial charge is 0.496 e. The van der Waals surface area contributed by atoms with Crippen molar-refractivity contribution in [3.63, 3.8) is 0 Å². The lowest BCUT2D eigenvalue weighted by atomic mass is 10.1. The monoisotopic (exact) mass is 309 g/mol. The number of nitrogens with one attached hydrogen (secondary N) is 1. The van der Waals surface area contributed by atoms with Crippen molar-refractivity contribution >= 4 is 6.08 Å². The Morgan fingerprint density at radius 3 is 2.14 bits per heavy atom. The van der Waals surface area contributed by atoms with E-state index in [9.17, 15) is 0 Å². The summed E-state index contributed by atoms with van der Waals surface area (Å²) < 4.78 is 5.31. The van der Waals surface area contributed by atoms with Gasteiger partial charge in [-0.25, -0.2) is 0 Å². The summed E-state index contributed by atoms with van der Waals surface area (Å²) in [6.45, 7) is 15.2. The smallest absolute Gasteiger partial charge is 0.126 e. The van der Waals surface area contributed by atoms with Gasteiger partial charge >= 0.3 is 0 Å². The summed E-state index contributed by atoms with van der Waals surface area (Å²) in [5.41, 5.74) is 2.42. The maximum absolute atomic E-state index is 5.31. The maximum atomic E-state index is 5.31. The van der Waals surface area contributed by atoms with Crippen molar-refractivity contribution in [3.8, 4) is 5.75 Å². The second-order valence-electron chi connectivity index (χ2n) is 3.89. The fourth-order valence-corrected chi connectivity index (χ4v) is 1.59. The fourth-order valence-electron chi connectivity index (χ4n) is 1.59. The van der Waals surface area contributed by atoms with Crippen LogP contribution in [0.2, 0.25) is 0 Å². The van der Waals surface area contributed by atoms with E-state index in [1.165, 1.54) is 12.0 Å². The summed E-state index contributed by atoms with van der Waals surface area (Å²) in [6, 6.07) is 6.23. The third-order valence-corrected chi connectivity index (χ3v) is 2.48. The predicted molar refractivity (Wildman–Crippen MR) is 104 cm³/mol. The maximum Gasteiger partial charge on any atom is 0.126 e. The summed E-state index contributed by atoms with van der Waals surface area (Å²) in [5.74, 6) is 0.940. The molecule has 22 heavy (non-hydrogen) atoms. The van der Waals surface area contributed by atoms with Gasteiger partial charge in [0.25, 0.3) is 0 Å². The molecule has 0 aromatic heterocycles. The Hall–Kier alpha value is -1.28. The molecule has 0 spiro atoms. The average Bonchev–Trinajstić information content (AvgIpc) is 2.60. The molecule has 0 amide bonds. The van der Waals surface area contributed by atoms with Crippen molar-refractivity contribution in [3.05, 3.63) is 35.4 Å². The van der Waals surface area contributed by atoms with E-state index in [0.29, 0.717) is 0 Å². The Morgan fingerprint density at radius 1 is 1.05 bits per heavy atom. The molecular formula is C20H39NO. The predicted octanol–water partition coefficient (Wildman–Crippen LogP) is 6.10. The standard InChI is InChI=1S/C14H21NO.3C2H6/c1-12-8-9-14(16-3)13(11-12)7-5-4-6-10-15-2;3*1-2/h5,7-9,11,15H,4,6,10H2,1-3H3;3*1-2H3/b7-5+;;;. The number of ether oxygens (including phenoxy) is 1. The molecule has 1 aromatic carbocycles. The van der Waals surface area contributed by atoms with Gasteiger partial charge in [0, 0.05) is 5.56 Å². The van der Waals surface area contributed by atoms with Gasteiger partial charge < -0.3 is 10.1 Å². The highest BCUT2D eigenvalue weighted by atomic mass is 16.5. The summed E-state index contributed by atoms with van der Waals surface area (Å²) in [5, 5.41) is 3.14. The van der Waals surface area contributed by atoms with Crippen LogP contribution in [-0.4, -0.2) is 20.7 Å².